The molecule has 0 bridgehead atoms. The molecule has 3 aromatic rings. The molecule has 0 unspecified atom stereocenters. The number of nitrogens with one attached hydrogen (secondary N) is 2. The SMILES string of the molecule is O=C(Nc1ccccc1C(F)(F)F)C1(c2c[nH]c3cc(F)ccc23)CC1. The van der Waals surface area contributed by atoms with Crippen LogP contribution in [0.1, 0.15) is 24.0 Å². The zero-order valence-corrected chi connectivity index (χ0v) is 13.5. The molecule has 7 heteroatoms. The van der Waals surface area contributed by atoms with Gasteiger partial charge in [-0.3, -0.25) is 4.79 Å². The number of rotatable bonds is 3. The number of fused-ring (bicyclic) bond motifs is 1. The van der Waals surface area contributed by atoms with Gasteiger partial charge in [0.05, 0.1) is 16.7 Å². The van der Waals surface area contributed by atoms with E-state index in [4.69, 9.17) is 0 Å². The summed E-state index contributed by atoms with van der Waals surface area (Å²) in [6.07, 6.45) is -1.88. The van der Waals surface area contributed by atoms with Crippen LogP contribution in [-0.4, -0.2) is 10.9 Å². The minimum absolute atomic E-state index is 0.262. The number of H-pyrrole nitrogens is 1. The number of alkyl halides is 3. The summed E-state index contributed by atoms with van der Waals surface area (Å²) in [5, 5.41) is 3.13. The number of halogens is 4. The molecule has 1 saturated carbocycles. The van der Waals surface area contributed by atoms with E-state index in [2.05, 4.69) is 10.3 Å². The van der Waals surface area contributed by atoms with E-state index in [9.17, 15) is 22.4 Å². The molecule has 0 atom stereocenters. The van der Waals surface area contributed by atoms with E-state index in [1.54, 1.807) is 12.3 Å². The first-order valence-corrected chi connectivity index (χ1v) is 8.06. The minimum Gasteiger partial charge on any atom is -0.361 e. The fourth-order valence-electron chi connectivity index (χ4n) is 3.32. The molecule has 26 heavy (non-hydrogen) atoms. The van der Waals surface area contributed by atoms with Gasteiger partial charge >= 0.3 is 6.18 Å². The first kappa shape index (κ1) is 16.6. The highest BCUT2D eigenvalue weighted by molar-refractivity contribution is 6.04. The second-order valence-corrected chi connectivity index (χ2v) is 6.47. The third kappa shape index (κ3) is 2.64. The highest BCUT2D eigenvalue weighted by Gasteiger charge is 2.53. The Morgan fingerprint density at radius 2 is 1.85 bits per heavy atom. The molecule has 2 aromatic carbocycles. The Morgan fingerprint density at radius 1 is 1.12 bits per heavy atom. The lowest BCUT2D eigenvalue weighted by molar-refractivity contribution is -0.137. The van der Waals surface area contributed by atoms with Crippen molar-refractivity contribution in [3.8, 4) is 0 Å². The molecule has 4 rings (SSSR count). The van der Waals surface area contributed by atoms with Crippen molar-refractivity contribution < 1.29 is 22.4 Å². The monoisotopic (exact) mass is 362 g/mol. The van der Waals surface area contributed by atoms with E-state index in [0.29, 0.717) is 29.3 Å². The van der Waals surface area contributed by atoms with Crippen molar-refractivity contribution in [2.45, 2.75) is 24.4 Å². The molecule has 1 amide bonds. The number of carbonyl (C=O) groups is 1. The lowest BCUT2D eigenvalue weighted by atomic mass is 9.94. The Morgan fingerprint density at radius 3 is 2.54 bits per heavy atom. The fraction of sp³-hybridized carbons (Fsp3) is 0.211. The van der Waals surface area contributed by atoms with Gasteiger partial charge in [0, 0.05) is 17.1 Å². The largest absolute Gasteiger partial charge is 0.418 e. The minimum atomic E-state index is -4.56. The fourth-order valence-corrected chi connectivity index (χ4v) is 3.32. The van der Waals surface area contributed by atoms with E-state index >= 15 is 0 Å². The number of amides is 1. The normalized spacial score (nSPS) is 15.8. The third-order valence-electron chi connectivity index (χ3n) is 4.82. The molecule has 1 heterocycles. The van der Waals surface area contributed by atoms with Crippen LogP contribution in [-0.2, 0) is 16.4 Å². The number of aromatic amines is 1. The standard InChI is InChI=1S/C19H14F4N2O/c20-11-5-6-12-14(10-24-16(12)9-11)18(7-8-18)17(26)25-15-4-2-1-3-13(15)19(21,22)23/h1-6,9-10,24H,7-8H2,(H,25,26). The topological polar surface area (TPSA) is 44.9 Å². The molecule has 134 valence electrons. The van der Waals surface area contributed by atoms with Gasteiger partial charge in [-0.25, -0.2) is 4.39 Å². The Hall–Kier alpha value is -2.83. The van der Waals surface area contributed by atoms with Crippen LogP contribution in [0.15, 0.2) is 48.7 Å². The van der Waals surface area contributed by atoms with Crippen LogP contribution < -0.4 is 5.32 Å². The molecule has 2 N–H and O–H groups in total. The molecular weight excluding hydrogens is 348 g/mol. The van der Waals surface area contributed by atoms with Crippen molar-refractivity contribution in [3.05, 3.63) is 65.6 Å². The number of hydrogen-bond acceptors (Lipinski definition) is 1. The van der Waals surface area contributed by atoms with E-state index in [1.165, 1.54) is 30.3 Å². The first-order valence-electron chi connectivity index (χ1n) is 8.06. The van der Waals surface area contributed by atoms with Crippen molar-refractivity contribution in [1.82, 2.24) is 4.98 Å². The van der Waals surface area contributed by atoms with Crippen LogP contribution in [0.3, 0.4) is 0 Å². The molecule has 0 aliphatic heterocycles. The number of carbonyl (C=O) groups excluding carboxylic acids is 1. The van der Waals surface area contributed by atoms with Crippen molar-refractivity contribution in [2.24, 2.45) is 0 Å². The maximum absolute atomic E-state index is 13.4. The summed E-state index contributed by atoms with van der Waals surface area (Å²) in [5.74, 6) is -0.890. The second-order valence-electron chi connectivity index (χ2n) is 6.47. The van der Waals surface area contributed by atoms with Crippen molar-refractivity contribution >= 4 is 22.5 Å². The maximum Gasteiger partial charge on any atom is 0.418 e. The van der Waals surface area contributed by atoms with Crippen molar-refractivity contribution in [3.63, 3.8) is 0 Å². The molecule has 0 spiro atoms. The maximum atomic E-state index is 13.4. The van der Waals surface area contributed by atoms with E-state index in [0.717, 1.165) is 6.07 Å². The van der Waals surface area contributed by atoms with Gasteiger partial charge in [-0.05, 0) is 48.7 Å². The van der Waals surface area contributed by atoms with E-state index in [-0.39, 0.29) is 5.69 Å². The summed E-state index contributed by atoms with van der Waals surface area (Å²) in [7, 11) is 0. The zero-order chi connectivity index (χ0) is 18.5. The first-order chi connectivity index (χ1) is 12.3. The molecule has 1 aliphatic rings. The smallest absolute Gasteiger partial charge is 0.361 e. The number of benzene rings is 2. The van der Waals surface area contributed by atoms with E-state index in [1.807, 2.05) is 0 Å². The quantitative estimate of drug-likeness (QED) is 0.633. The summed E-state index contributed by atoms with van der Waals surface area (Å²) in [6.45, 7) is 0. The predicted octanol–water partition coefficient (Wildman–Crippen LogP) is 5.00. The van der Waals surface area contributed by atoms with Gasteiger partial charge in [-0.1, -0.05) is 12.1 Å². The summed E-state index contributed by atoms with van der Waals surface area (Å²) in [6, 6.07) is 9.09. The van der Waals surface area contributed by atoms with Gasteiger partial charge in [-0.2, -0.15) is 13.2 Å². The lowest BCUT2D eigenvalue weighted by Crippen LogP contribution is -2.28. The van der Waals surface area contributed by atoms with Gasteiger partial charge in [0.15, 0.2) is 0 Å². The molecule has 0 saturated heterocycles. The molecule has 3 nitrogen and oxygen atoms in total. The summed E-state index contributed by atoms with van der Waals surface area (Å²) >= 11 is 0. The van der Waals surface area contributed by atoms with Crippen molar-refractivity contribution in [1.29, 1.82) is 0 Å². The average Bonchev–Trinajstić information content (AvgIpc) is 3.29. The molecule has 0 radical (unpaired) electrons. The molecule has 1 aromatic heterocycles. The Kier molecular flexibility index (Phi) is 3.57. The lowest BCUT2D eigenvalue weighted by Gasteiger charge is -2.18. The van der Waals surface area contributed by atoms with Crippen LogP contribution in [0.25, 0.3) is 10.9 Å². The number of para-hydroxylation sites is 1. The number of aromatic nitrogens is 1. The van der Waals surface area contributed by atoms with Crippen LogP contribution in [0.2, 0.25) is 0 Å². The summed E-state index contributed by atoms with van der Waals surface area (Å²) in [4.78, 5) is 15.7. The van der Waals surface area contributed by atoms with Gasteiger partial charge in [0.1, 0.15) is 5.82 Å². The third-order valence-corrected chi connectivity index (χ3v) is 4.82. The Bertz CT molecular complexity index is 1000. The second kappa shape index (κ2) is 5.59. The summed E-state index contributed by atoms with van der Waals surface area (Å²) in [5.41, 5.74) is -0.814. The van der Waals surface area contributed by atoms with Crippen LogP contribution in [0.4, 0.5) is 23.2 Å². The van der Waals surface area contributed by atoms with Crippen LogP contribution >= 0.6 is 0 Å². The van der Waals surface area contributed by atoms with Crippen molar-refractivity contribution in [2.75, 3.05) is 5.32 Å². The Balaban J connectivity index is 1.69. The van der Waals surface area contributed by atoms with Gasteiger partial charge in [0.25, 0.3) is 0 Å². The number of hydrogen-bond donors (Lipinski definition) is 2. The van der Waals surface area contributed by atoms with Crippen LogP contribution in [0.5, 0.6) is 0 Å². The number of anilines is 1. The van der Waals surface area contributed by atoms with Gasteiger partial charge < -0.3 is 10.3 Å². The highest BCUT2D eigenvalue weighted by Crippen LogP contribution is 2.51. The molecule has 1 fully saturated rings. The van der Waals surface area contributed by atoms with Crippen LogP contribution in [0, 0.1) is 5.82 Å². The summed E-state index contributed by atoms with van der Waals surface area (Å²) < 4.78 is 52.8. The zero-order valence-electron chi connectivity index (χ0n) is 13.5. The predicted molar refractivity (Wildman–Crippen MR) is 89.2 cm³/mol. The van der Waals surface area contributed by atoms with E-state index < -0.39 is 28.9 Å². The highest BCUT2D eigenvalue weighted by atomic mass is 19.4. The Labute approximate surface area is 146 Å². The van der Waals surface area contributed by atoms with Gasteiger partial charge in [0.2, 0.25) is 5.91 Å². The van der Waals surface area contributed by atoms with Gasteiger partial charge in [-0.15, -0.1) is 0 Å². The average molecular weight is 362 g/mol. The molecule has 1 aliphatic carbocycles. The molecular formula is C19H14F4N2O.